The number of pyridine rings is 2. The average molecular weight is 591 g/mol. The second kappa shape index (κ2) is 9.69. The van der Waals surface area contributed by atoms with E-state index in [2.05, 4.69) is 25.6 Å². The zero-order valence-electron chi connectivity index (χ0n) is 22.7. The zero-order chi connectivity index (χ0) is 30.0. The number of fused-ring (bicyclic) bond motifs is 3. The number of rotatable bonds is 4. The fourth-order valence-corrected chi connectivity index (χ4v) is 6.52. The number of hydrogen-bond donors (Lipinski definition) is 2. The van der Waals surface area contributed by atoms with Gasteiger partial charge in [0.1, 0.15) is 29.6 Å². The van der Waals surface area contributed by atoms with Crippen LogP contribution in [0.15, 0.2) is 59.9 Å². The maximum Gasteiger partial charge on any atom is 0.417 e. The molecular weight excluding hydrogens is 565 g/mol. The van der Waals surface area contributed by atoms with Gasteiger partial charge in [-0.25, -0.2) is 9.97 Å². The summed E-state index contributed by atoms with van der Waals surface area (Å²) in [6.45, 7) is -0.109. The van der Waals surface area contributed by atoms with Gasteiger partial charge in [0.05, 0.1) is 11.0 Å². The second-order valence-electron chi connectivity index (χ2n) is 11.2. The lowest BCUT2D eigenvalue weighted by Crippen LogP contribution is -2.48. The van der Waals surface area contributed by atoms with Crippen molar-refractivity contribution in [1.29, 1.82) is 0 Å². The number of hydrogen-bond acceptors (Lipinski definition) is 7. The van der Waals surface area contributed by atoms with Crippen molar-refractivity contribution in [2.45, 2.75) is 42.8 Å². The Labute approximate surface area is 243 Å². The molecule has 43 heavy (non-hydrogen) atoms. The smallest absolute Gasteiger partial charge is 0.381 e. The first-order chi connectivity index (χ1) is 20.6. The third-order valence-electron chi connectivity index (χ3n) is 8.64. The van der Waals surface area contributed by atoms with Gasteiger partial charge in [0.15, 0.2) is 0 Å². The fourth-order valence-electron chi connectivity index (χ4n) is 6.52. The van der Waals surface area contributed by atoms with E-state index < -0.39 is 41.1 Å². The molecule has 2 spiro atoms. The molecule has 0 saturated carbocycles. The normalized spacial score (nSPS) is 22.0. The number of benzene rings is 1. The van der Waals surface area contributed by atoms with Crippen LogP contribution in [-0.2, 0) is 43.6 Å². The number of aromatic nitrogens is 2. The van der Waals surface area contributed by atoms with Gasteiger partial charge >= 0.3 is 6.18 Å². The van der Waals surface area contributed by atoms with Crippen LogP contribution >= 0.6 is 0 Å². The van der Waals surface area contributed by atoms with Gasteiger partial charge in [-0.15, -0.1) is 0 Å². The van der Waals surface area contributed by atoms with E-state index in [0.717, 1.165) is 27.7 Å². The van der Waals surface area contributed by atoms with E-state index in [1.165, 1.54) is 18.2 Å². The Morgan fingerprint density at radius 2 is 1.81 bits per heavy atom. The highest BCUT2D eigenvalue weighted by Gasteiger charge is 2.52. The van der Waals surface area contributed by atoms with Crippen LogP contribution in [0.25, 0.3) is 0 Å². The quantitative estimate of drug-likeness (QED) is 0.481. The molecule has 13 heteroatoms. The molecule has 0 radical (unpaired) electrons. The minimum absolute atomic E-state index is 0.150. The highest BCUT2D eigenvalue weighted by molar-refractivity contribution is 6.17. The maximum atomic E-state index is 13.9. The molecule has 1 saturated heterocycles. The molecule has 1 atom stereocenters. The molecule has 0 bridgehead atoms. The monoisotopic (exact) mass is 590 g/mol. The molecule has 220 valence electrons. The van der Waals surface area contributed by atoms with Gasteiger partial charge in [0, 0.05) is 49.6 Å². The van der Waals surface area contributed by atoms with Gasteiger partial charge in [-0.2, -0.15) is 13.2 Å². The summed E-state index contributed by atoms with van der Waals surface area (Å²) in [5.41, 5.74) is -0.825. The van der Waals surface area contributed by atoms with Gasteiger partial charge in [-0.05, 0) is 42.2 Å². The van der Waals surface area contributed by atoms with Crippen molar-refractivity contribution >= 4 is 35.2 Å². The molecule has 1 fully saturated rings. The topological polar surface area (TPSA) is 126 Å². The summed E-state index contributed by atoms with van der Waals surface area (Å²) in [4.78, 5) is 54.1. The number of alkyl halides is 3. The first kappa shape index (κ1) is 27.2. The van der Waals surface area contributed by atoms with Gasteiger partial charge in [0.25, 0.3) is 5.91 Å². The molecule has 3 aliphatic heterocycles. The fraction of sp³-hybridized carbons (Fsp3) is 0.333. The summed E-state index contributed by atoms with van der Waals surface area (Å²) in [5.74, 6) is -0.803. The molecule has 1 aromatic carbocycles. The first-order valence-corrected chi connectivity index (χ1v) is 13.8. The second-order valence-corrected chi connectivity index (χ2v) is 11.2. The van der Waals surface area contributed by atoms with Crippen molar-refractivity contribution < 1.29 is 32.3 Å². The molecule has 5 heterocycles. The molecular formula is C30H25F3N6O4. The Kier molecular flexibility index (Phi) is 6.13. The van der Waals surface area contributed by atoms with E-state index >= 15 is 0 Å². The largest absolute Gasteiger partial charge is 0.417 e. The predicted molar refractivity (Wildman–Crippen MR) is 147 cm³/mol. The Hall–Kier alpha value is -4.65. The summed E-state index contributed by atoms with van der Waals surface area (Å²) >= 11 is 0. The SMILES string of the molecule is O=C(CN1C(=O)C2(CCOCC2)N=C1c1ccccc1C(F)(F)F)Nc1cc2c(cn1)C[C@]1(C2)C(=O)Nc2ncccc21. The molecule has 10 nitrogen and oxygen atoms in total. The van der Waals surface area contributed by atoms with Crippen LogP contribution in [0.2, 0.25) is 0 Å². The minimum Gasteiger partial charge on any atom is -0.381 e. The van der Waals surface area contributed by atoms with Crippen molar-refractivity contribution in [3.63, 3.8) is 0 Å². The Balaban J connectivity index is 1.14. The average Bonchev–Trinajstić information content (AvgIpc) is 3.59. The minimum atomic E-state index is -4.69. The number of halogens is 3. The molecule has 2 aromatic heterocycles. The van der Waals surface area contributed by atoms with Crippen LogP contribution in [0.1, 0.15) is 40.7 Å². The number of carbonyl (C=O) groups is 3. The number of ether oxygens (including phenoxy) is 1. The van der Waals surface area contributed by atoms with Gasteiger partial charge in [0.2, 0.25) is 11.8 Å². The number of amides is 3. The van der Waals surface area contributed by atoms with E-state index in [-0.39, 0.29) is 49.2 Å². The molecule has 3 aromatic rings. The molecule has 7 rings (SSSR count). The first-order valence-electron chi connectivity index (χ1n) is 13.8. The van der Waals surface area contributed by atoms with Crippen LogP contribution in [0.5, 0.6) is 0 Å². The van der Waals surface area contributed by atoms with Crippen molar-refractivity contribution in [1.82, 2.24) is 14.9 Å². The molecule has 4 aliphatic rings. The van der Waals surface area contributed by atoms with Crippen LogP contribution in [-0.4, -0.2) is 63.7 Å². The lowest BCUT2D eigenvalue weighted by Gasteiger charge is -2.29. The third kappa shape index (κ3) is 4.37. The number of carbonyl (C=O) groups excluding carboxylic acids is 3. The van der Waals surface area contributed by atoms with Crippen LogP contribution < -0.4 is 10.6 Å². The summed E-state index contributed by atoms with van der Waals surface area (Å²) < 4.78 is 47.2. The van der Waals surface area contributed by atoms with Crippen molar-refractivity contribution in [3.05, 3.63) is 82.7 Å². The lowest BCUT2D eigenvalue weighted by atomic mass is 9.79. The van der Waals surface area contributed by atoms with E-state index in [1.54, 1.807) is 24.5 Å². The third-order valence-corrected chi connectivity index (χ3v) is 8.64. The molecule has 2 N–H and O–H groups in total. The Morgan fingerprint density at radius 1 is 1.05 bits per heavy atom. The highest BCUT2D eigenvalue weighted by atomic mass is 19.4. The van der Waals surface area contributed by atoms with Gasteiger partial charge in [-0.1, -0.05) is 24.3 Å². The summed E-state index contributed by atoms with van der Waals surface area (Å²) in [6, 6.07) is 10.2. The number of nitrogens with zero attached hydrogens (tertiary/aromatic N) is 4. The number of aliphatic imine (C=N–C) groups is 1. The van der Waals surface area contributed by atoms with E-state index in [4.69, 9.17) is 4.74 Å². The van der Waals surface area contributed by atoms with E-state index in [1.807, 2.05) is 6.07 Å². The summed E-state index contributed by atoms with van der Waals surface area (Å²) in [7, 11) is 0. The number of nitrogens with one attached hydrogen (secondary N) is 2. The van der Waals surface area contributed by atoms with Gasteiger partial charge in [-0.3, -0.25) is 24.3 Å². The van der Waals surface area contributed by atoms with Crippen molar-refractivity contribution in [2.24, 2.45) is 4.99 Å². The maximum absolute atomic E-state index is 13.9. The number of amidine groups is 1. The van der Waals surface area contributed by atoms with E-state index in [0.29, 0.717) is 18.7 Å². The van der Waals surface area contributed by atoms with E-state index in [9.17, 15) is 27.6 Å². The summed E-state index contributed by atoms with van der Waals surface area (Å²) in [5, 5.41) is 5.52. The number of anilines is 2. The van der Waals surface area contributed by atoms with Gasteiger partial charge < -0.3 is 15.4 Å². The lowest BCUT2D eigenvalue weighted by molar-refractivity contribution is -0.138. The van der Waals surface area contributed by atoms with Crippen molar-refractivity contribution in [2.75, 3.05) is 30.4 Å². The van der Waals surface area contributed by atoms with Crippen LogP contribution in [0, 0.1) is 0 Å². The van der Waals surface area contributed by atoms with Crippen LogP contribution in [0.3, 0.4) is 0 Å². The zero-order valence-corrected chi connectivity index (χ0v) is 22.7. The summed E-state index contributed by atoms with van der Waals surface area (Å²) in [6.07, 6.45) is -0.267. The highest BCUT2D eigenvalue weighted by Crippen LogP contribution is 2.46. The Bertz CT molecular complexity index is 1720. The van der Waals surface area contributed by atoms with Crippen molar-refractivity contribution in [3.8, 4) is 0 Å². The standard InChI is InChI=1S/C30H25F3N6O4/c31-30(32,33)20-5-2-1-4-19(20)25-38-29(7-10-43-11-8-29)27(42)39(25)16-23(40)36-22-12-17-13-28(14-18(17)15-35-22)21-6-3-9-34-24(21)37-26(28)41/h1-6,9,12,15H,7-8,10-11,13-14,16H2,(H,34,37,41)(H,35,36,40)/t28-/m0/s1. The predicted octanol–water partition coefficient (Wildman–Crippen LogP) is 3.26. The molecule has 1 aliphatic carbocycles. The Morgan fingerprint density at radius 3 is 2.60 bits per heavy atom. The molecule has 3 amide bonds. The molecule has 0 unspecified atom stereocenters. The van der Waals surface area contributed by atoms with Crippen LogP contribution in [0.4, 0.5) is 24.8 Å².